The molecule has 2 rings (SSSR count). The lowest BCUT2D eigenvalue weighted by molar-refractivity contribution is 0.287. The Labute approximate surface area is 116 Å². The largest absolute Gasteiger partial charge is 0.487 e. The summed E-state index contributed by atoms with van der Waals surface area (Å²) in [4.78, 5) is 4.35. The molecule has 5 heteroatoms. The van der Waals surface area contributed by atoms with Crippen LogP contribution in [0.4, 0.5) is 8.78 Å². The SMILES string of the molecule is CNCc1nc(C)ccc1OCc1c(F)cccc1F. The van der Waals surface area contributed by atoms with E-state index in [2.05, 4.69) is 10.3 Å². The molecule has 0 aliphatic carbocycles. The maximum Gasteiger partial charge on any atom is 0.142 e. The average molecular weight is 278 g/mol. The molecular formula is C15H16F2N2O. The van der Waals surface area contributed by atoms with Crippen LogP contribution >= 0.6 is 0 Å². The topological polar surface area (TPSA) is 34.2 Å². The van der Waals surface area contributed by atoms with Gasteiger partial charge in [0.05, 0.1) is 11.3 Å². The van der Waals surface area contributed by atoms with E-state index in [1.165, 1.54) is 18.2 Å². The lowest BCUT2D eigenvalue weighted by Crippen LogP contribution is -2.11. The van der Waals surface area contributed by atoms with Crippen LogP contribution in [0.25, 0.3) is 0 Å². The Kier molecular flexibility index (Phi) is 4.63. The summed E-state index contributed by atoms with van der Waals surface area (Å²) in [5.41, 5.74) is 1.49. The fraction of sp³-hybridized carbons (Fsp3) is 0.267. The Morgan fingerprint density at radius 2 is 1.85 bits per heavy atom. The van der Waals surface area contributed by atoms with Gasteiger partial charge in [-0.3, -0.25) is 4.98 Å². The summed E-state index contributed by atoms with van der Waals surface area (Å²) in [5.74, 6) is -0.701. The monoisotopic (exact) mass is 278 g/mol. The second kappa shape index (κ2) is 6.43. The van der Waals surface area contributed by atoms with E-state index in [9.17, 15) is 8.78 Å². The zero-order valence-corrected chi connectivity index (χ0v) is 11.4. The van der Waals surface area contributed by atoms with E-state index in [0.29, 0.717) is 18.0 Å². The van der Waals surface area contributed by atoms with Crippen molar-refractivity contribution < 1.29 is 13.5 Å². The third kappa shape index (κ3) is 3.30. The maximum absolute atomic E-state index is 13.5. The van der Waals surface area contributed by atoms with Crippen molar-refractivity contribution in [3.05, 3.63) is 58.9 Å². The van der Waals surface area contributed by atoms with Gasteiger partial charge in [-0.05, 0) is 38.2 Å². The molecule has 0 unspecified atom stereocenters. The van der Waals surface area contributed by atoms with Crippen LogP contribution in [-0.2, 0) is 13.2 Å². The molecule has 3 nitrogen and oxygen atoms in total. The number of aryl methyl sites for hydroxylation is 1. The standard InChI is InChI=1S/C15H16F2N2O/c1-10-6-7-15(14(19-10)8-18-2)20-9-11-12(16)4-3-5-13(11)17/h3-7,18H,8-9H2,1-2H3. The molecule has 0 amide bonds. The van der Waals surface area contributed by atoms with E-state index in [4.69, 9.17) is 4.74 Å². The van der Waals surface area contributed by atoms with Crippen LogP contribution in [0.5, 0.6) is 5.75 Å². The van der Waals surface area contributed by atoms with Gasteiger partial charge in [-0.25, -0.2) is 8.78 Å². The Morgan fingerprint density at radius 3 is 2.50 bits per heavy atom. The molecule has 0 fully saturated rings. The number of hydrogen-bond donors (Lipinski definition) is 1. The Hall–Kier alpha value is -2.01. The van der Waals surface area contributed by atoms with Crippen molar-refractivity contribution in [3.63, 3.8) is 0 Å². The fourth-order valence-corrected chi connectivity index (χ4v) is 1.84. The number of halogens is 2. The maximum atomic E-state index is 13.5. The highest BCUT2D eigenvalue weighted by atomic mass is 19.1. The first-order chi connectivity index (χ1) is 9.61. The summed E-state index contributed by atoms with van der Waals surface area (Å²) in [7, 11) is 1.80. The van der Waals surface area contributed by atoms with Crippen molar-refractivity contribution >= 4 is 0 Å². The molecule has 0 bridgehead atoms. The van der Waals surface area contributed by atoms with Crippen molar-refractivity contribution in [2.45, 2.75) is 20.1 Å². The van der Waals surface area contributed by atoms with Gasteiger partial charge in [-0.15, -0.1) is 0 Å². The number of benzene rings is 1. The number of hydrogen-bond acceptors (Lipinski definition) is 3. The number of ether oxygens (including phenoxy) is 1. The van der Waals surface area contributed by atoms with Gasteiger partial charge in [-0.1, -0.05) is 6.07 Å². The van der Waals surface area contributed by atoms with Crippen molar-refractivity contribution in [1.29, 1.82) is 0 Å². The average Bonchev–Trinajstić information content (AvgIpc) is 2.40. The van der Waals surface area contributed by atoms with Crippen LogP contribution in [-0.4, -0.2) is 12.0 Å². The summed E-state index contributed by atoms with van der Waals surface area (Å²) in [5, 5.41) is 2.98. The normalized spacial score (nSPS) is 10.6. The molecule has 0 radical (unpaired) electrons. The van der Waals surface area contributed by atoms with Gasteiger partial charge < -0.3 is 10.1 Å². The highest BCUT2D eigenvalue weighted by Gasteiger charge is 2.11. The van der Waals surface area contributed by atoms with E-state index < -0.39 is 11.6 Å². The second-order valence-electron chi connectivity index (χ2n) is 4.42. The predicted molar refractivity (Wildman–Crippen MR) is 72.4 cm³/mol. The summed E-state index contributed by atoms with van der Waals surface area (Å²) in [6.07, 6.45) is 0. The Balaban J connectivity index is 2.18. The van der Waals surface area contributed by atoms with E-state index in [1.54, 1.807) is 19.2 Å². The molecule has 106 valence electrons. The summed E-state index contributed by atoms with van der Waals surface area (Å²) in [6, 6.07) is 7.31. The molecule has 0 saturated carbocycles. The molecule has 1 N–H and O–H groups in total. The predicted octanol–water partition coefficient (Wildman–Crippen LogP) is 2.97. The smallest absolute Gasteiger partial charge is 0.142 e. The van der Waals surface area contributed by atoms with E-state index in [1.807, 2.05) is 6.92 Å². The summed E-state index contributed by atoms with van der Waals surface area (Å²) in [6.45, 7) is 2.23. The fourth-order valence-electron chi connectivity index (χ4n) is 1.84. The van der Waals surface area contributed by atoms with Crippen molar-refractivity contribution in [2.24, 2.45) is 0 Å². The highest BCUT2D eigenvalue weighted by molar-refractivity contribution is 5.30. The summed E-state index contributed by atoms with van der Waals surface area (Å²) < 4.78 is 32.5. The molecule has 0 aliphatic rings. The molecule has 1 aromatic heterocycles. The van der Waals surface area contributed by atoms with E-state index in [-0.39, 0.29) is 12.2 Å². The van der Waals surface area contributed by atoms with Gasteiger partial charge in [0.1, 0.15) is 24.0 Å². The number of aromatic nitrogens is 1. The van der Waals surface area contributed by atoms with Crippen LogP contribution in [0.1, 0.15) is 17.0 Å². The highest BCUT2D eigenvalue weighted by Crippen LogP contribution is 2.20. The third-order valence-corrected chi connectivity index (χ3v) is 2.85. The zero-order chi connectivity index (χ0) is 14.5. The zero-order valence-electron chi connectivity index (χ0n) is 11.4. The van der Waals surface area contributed by atoms with Gasteiger partial charge in [-0.2, -0.15) is 0 Å². The Bertz CT molecular complexity index is 582. The van der Waals surface area contributed by atoms with Crippen LogP contribution in [0.3, 0.4) is 0 Å². The van der Waals surface area contributed by atoms with Gasteiger partial charge in [0, 0.05) is 12.2 Å². The molecular weight excluding hydrogens is 262 g/mol. The molecule has 0 saturated heterocycles. The van der Waals surface area contributed by atoms with Gasteiger partial charge in [0.25, 0.3) is 0 Å². The quantitative estimate of drug-likeness (QED) is 0.913. The van der Waals surface area contributed by atoms with Crippen molar-refractivity contribution in [1.82, 2.24) is 10.3 Å². The number of pyridine rings is 1. The van der Waals surface area contributed by atoms with Crippen LogP contribution in [0.2, 0.25) is 0 Å². The molecule has 0 spiro atoms. The second-order valence-corrected chi connectivity index (χ2v) is 4.42. The molecule has 2 aromatic rings. The van der Waals surface area contributed by atoms with Gasteiger partial charge in [0.2, 0.25) is 0 Å². The first-order valence-corrected chi connectivity index (χ1v) is 6.28. The van der Waals surface area contributed by atoms with Gasteiger partial charge in [0.15, 0.2) is 0 Å². The summed E-state index contributed by atoms with van der Waals surface area (Å²) >= 11 is 0. The van der Waals surface area contributed by atoms with Crippen molar-refractivity contribution in [2.75, 3.05) is 7.05 Å². The van der Waals surface area contributed by atoms with Crippen LogP contribution < -0.4 is 10.1 Å². The Morgan fingerprint density at radius 1 is 1.15 bits per heavy atom. The molecule has 20 heavy (non-hydrogen) atoms. The van der Waals surface area contributed by atoms with Crippen LogP contribution in [0.15, 0.2) is 30.3 Å². The minimum Gasteiger partial charge on any atom is -0.487 e. The van der Waals surface area contributed by atoms with Crippen LogP contribution in [0, 0.1) is 18.6 Å². The van der Waals surface area contributed by atoms with Crippen molar-refractivity contribution in [3.8, 4) is 5.75 Å². The molecule has 1 heterocycles. The lowest BCUT2D eigenvalue weighted by atomic mass is 10.2. The van der Waals surface area contributed by atoms with Gasteiger partial charge >= 0.3 is 0 Å². The molecule has 1 aromatic carbocycles. The third-order valence-electron chi connectivity index (χ3n) is 2.85. The minimum absolute atomic E-state index is 0.0801. The van der Waals surface area contributed by atoms with E-state index in [0.717, 1.165) is 5.69 Å². The lowest BCUT2D eigenvalue weighted by Gasteiger charge is -2.12. The molecule has 0 atom stereocenters. The van der Waals surface area contributed by atoms with E-state index >= 15 is 0 Å². The first-order valence-electron chi connectivity index (χ1n) is 6.28. The first kappa shape index (κ1) is 14.4. The number of nitrogens with zero attached hydrogens (tertiary/aromatic N) is 1. The minimum atomic E-state index is -0.611. The number of nitrogens with one attached hydrogen (secondary N) is 1. The molecule has 0 aliphatic heterocycles. The number of rotatable bonds is 5.